The number of nitrogens with zero attached hydrogens (tertiary/aromatic N) is 1. The molecule has 1 aliphatic heterocycles. The number of carbonyl (C=O) groups is 2. The average molecular weight is 255 g/mol. The molecule has 0 bridgehead atoms. The molecule has 1 saturated heterocycles. The molecule has 2 N–H and O–H groups in total. The minimum atomic E-state index is -0.0520. The van der Waals surface area contributed by atoms with Gasteiger partial charge in [0.05, 0.1) is 6.54 Å². The molecule has 0 aromatic rings. The Morgan fingerprint density at radius 1 is 1.22 bits per heavy atom. The van der Waals surface area contributed by atoms with E-state index in [1.54, 1.807) is 0 Å². The SMILES string of the molecule is CC(C)(C)CC(=O)NCC(=O)N1CCCNCC1. The summed E-state index contributed by atoms with van der Waals surface area (Å²) >= 11 is 0. The number of amides is 2. The second-order valence-electron chi connectivity index (χ2n) is 6.00. The Hall–Kier alpha value is -1.10. The van der Waals surface area contributed by atoms with E-state index in [0.717, 1.165) is 32.6 Å². The van der Waals surface area contributed by atoms with Crippen LogP contribution < -0.4 is 10.6 Å². The van der Waals surface area contributed by atoms with Crippen LogP contribution in [0.1, 0.15) is 33.6 Å². The van der Waals surface area contributed by atoms with Crippen LogP contribution in [0.3, 0.4) is 0 Å². The molecule has 0 aromatic heterocycles. The van der Waals surface area contributed by atoms with Crippen LogP contribution in [0.5, 0.6) is 0 Å². The largest absolute Gasteiger partial charge is 0.347 e. The van der Waals surface area contributed by atoms with Crippen molar-refractivity contribution in [2.45, 2.75) is 33.6 Å². The molecule has 1 aliphatic rings. The fourth-order valence-corrected chi connectivity index (χ4v) is 1.93. The van der Waals surface area contributed by atoms with Gasteiger partial charge in [0.15, 0.2) is 0 Å². The van der Waals surface area contributed by atoms with Crippen molar-refractivity contribution in [1.82, 2.24) is 15.5 Å². The Labute approximate surface area is 109 Å². The lowest BCUT2D eigenvalue weighted by Crippen LogP contribution is -2.42. The first kappa shape index (κ1) is 15.0. The van der Waals surface area contributed by atoms with Gasteiger partial charge in [-0.15, -0.1) is 0 Å². The molecule has 2 amide bonds. The number of carbonyl (C=O) groups excluding carboxylic acids is 2. The molecule has 5 nitrogen and oxygen atoms in total. The smallest absolute Gasteiger partial charge is 0.242 e. The van der Waals surface area contributed by atoms with Crippen LogP contribution in [0.2, 0.25) is 0 Å². The lowest BCUT2D eigenvalue weighted by molar-refractivity contribution is -0.133. The maximum Gasteiger partial charge on any atom is 0.242 e. The molecule has 1 heterocycles. The lowest BCUT2D eigenvalue weighted by atomic mass is 9.92. The second-order valence-corrected chi connectivity index (χ2v) is 6.00. The molecule has 0 spiro atoms. The summed E-state index contributed by atoms with van der Waals surface area (Å²) < 4.78 is 0. The summed E-state index contributed by atoms with van der Waals surface area (Å²) in [6, 6.07) is 0. The molecule has 5 heteroatoms. The molecule has 0 saturated carbocycles. The summed E-state index contributed by atoms with van der Waals surface area (Å²) in [6.07, 6.45) is 1.42. The first-order chi connectivity index (χ1) is 8.38. The predicted octanol–water partition coefficient (Wildman–Crippen LogP) is 0.361. The maximum atomic E-state index is 11.9. The van der Waals surface area contributed by atoms with Crippen molar-refractivity contribution in [3.05, 3.63) is 0 Å². The van der Waals surface area contributed by atoms with Gasteiger partial charge >= 0.3 is 0 Å². The predicted molar refractivity (Wildman–Crippen MR) is 71.1 cm³/mol. The van der Waals surface area contributed by atoms with E-state index in [0.29, 0.717) is 6.42 Å². The van der Waals surface area contributed by atoms with Gasteiger partial charge in [-0.1, -0.05) is 20.8 Å². The Kier molecular flexibility index (Phi) is 5.59. The highest BCUT2D eigenvalue weighted by atomic mass is 16.2. The van der Waals surface area contributed by atoms with Gasteiger partial charge in [0.2, 0.25) is 11.8 Å². The summed E-state index contributed by atoms with van der Waals surface area (Å²) in [5.41, 5.74) is -0.0420. The highest BCUT2D eigenvalue weighted by Gasteiger charge is 2.18. The minimum Gasteiger partial charge on any atom is -0.347 e. The van der Waals surface area contributed by atoms with Crippen LogP contribution in [0.4, 0.5) is 0 Å². The van der Waals surface area contributed by atoms with Gasteiger partial charge in [-0.05, 0) is 18.4 Å². The molecular formula is C13H25N3O2. The summed E-state index contributed by atoms with van der Waals surface area (Å²) in [5.74, 6) is -0.0373. The van der Waals surface area contributed by atoms with E-state index in [2.05, 4.69) is 10.6 Å². The molecule has 0 radical (unpaired) electrons. The van der Waals surface area contributed by atoms with E-state index in [9.17, 15) is 9.59 Å². The van der Waals surface area contributed by atoms with Gasteiger partial charge in [0.25, 0.3) is 0 Å². The molecule has 0 atom stereocenters. The first-order valence-corrected chi connectivity index (χ1v) is 6.64. The Morgan fingerprint density at radius 2 is 1.94 bits per heavy atom. The Balaban J connectivity index is 2.29. The Bertz CT molecular complexity index is 289. The summed E-state index contributed by atoms with van der Waals surface area (Å²) in [5, 5.41) is 5.95. The van der Waals surface area contributed by atoms with E-state index in [-0.39, 0.29) is 23.8 Å². The van der Waals surface area contributed by atoms with Gasteiger partial charge < -0.3 is 15.5 Å². The average Bonchev–Trinajstić information content (AvgIpc) is 2.52. The van der Waals surface area contributed by atoms with Crippen molar-refractivity contribution in [3.8, 4) is 0 Å². The fourth-order valence-electron chi connectivity index (χ4n) is 1.93. The van der Waals surface area contributed by atoms with Crippen LogP contribution in [-0.4, -0.2) is 49.4 Å². The van der Waals surface area contributed by atoms with Crippen molar-refractivity contribution in [1.29, 1.82) is 0 Å². The van der Waals surface area contributed by atoms with Crippen LogP contribution in [-0.2, 0) is 9.59 Å². The standard InChI is InChI=1S/C13H25N3O2/c1-13(2,3)9-11(17)15-10-12(18)16-7-4-5-14-6-8-16/h14H,4-10H2,1-3H3,(H,15,17). The fraction of sp³-hybridized carbons (Fsp3) is 0.846. The zero-order chi connectivity index (χ0) is 13.6. The van der Waals surface area contributed by atoms with Crippen molar-refractivity contribution in [3.63, 3.8) is 0 Å². The number of hydrogen-bond donors (Lipinski definition) is 2. The number of hydrogen-bond acceptors (Lipinski definition) is 3. The Morgan fingerprint density at radius 3 is 2.61 bits per heavy atom. The van der Waals surface area contributed by atoms with E-state index in [4.69, 9.17) is 0 Å². The third-order valence-corrected chi connectivity index (χ3v) is 2.82. The molecule has 0 aromatic carbocycles. The van der Waals surface area contributed by atoms with Crippen molar-refractivity contribution < 1.29 is 9.59 Å². The molecule has 18 heavy (non-hydrogen) atoms. The number of nitrogens with one attached hydrogen (secondary N) is 2. The first-order valence-electron chi connectivity index (χ1n) is 6.64. The van der Waals surface area contributed by atoms with Crippen molar-refractivity contribution in [2.75, 3.05) is 32.7 Å². The van der Waals surface area contributed by atoms with Crippen molar-refractivity contribution >= 4 is 11.8 Å². The second kappa shape index (κ2) is 6.73. The van der Waals surface area contributed by atoms with Gasteiger partial charge in [-0.25, -0.2) is 0 Å². The molecular weight excluding hydrogens is 230 g/mol. The van der Waals surface area contributed by atoms with Gasteiger partial charge in [0, 0.05) is 26.1 Å². The van der Waals surface area contributed by atoms with Crippen LogP contribution >= 0.6 is 0 Å². The third kappa shape index (κ3) is 6.00. The zero-order valence-corrected chi connectivity index (χ0v) is 11.7. The van der Waals surface area contributed by atoms with E-state index < -0.39 is 0 Å². The molecule has 104 valence electrons. The van der Waals surface area contributed by atoms with E-state index in [1.807, 2.05) is 25.7 Å². The normalized spacial score (nSPS) is 17.2. The van der Waals surface area contributed by atoms with Crippen LogP contribution in [0, 0.1) is 5.41 Å². The van der Waals surface area contributed by atoms with E-state index in [1.165, 1.54) is 0 Å². The zero-order valence-electron chi connectivity index (χ0n) is 11.7. The van der Waals surface area contributed by atoms with Crippen LogP contribution in [0.15, 0.2) is 0 Å². The monoisotopic (exact) mass is 255 g/mol. The number of rotatable bonds is 3. The van der Waals surface area contributed by atoms with Gasteiger partial charge in [-0.2, -0.15) is 0 Å². The minimum absolute atomic E-state index is 0.0148. The summed E-state index contributed by atoms with van der Waals surface area (Å²) in [4.78, 5) is 25.3. The highest BCUT2D eigenvalue weighted by Crippen LogP contribution is 2.17. The summed E-state index contributed by atoms with van der Waals surface area (Å²) in [6.45, 7) is 9.45. The third-order valence-electron chi connectivity index (χ3n) is 2.82. The molecule has 0 unspecified atom stereocenters. The maximum absolute atomic E-state index is 11.9. The van der Waals surface area contributed by atoms with Gasteiger partial charge in [-0.3, -0.25) is 9.59 Å². The highest BCUT2D eigenvalue weighted by molar-refractivity contribution is 5.84. The molecule has 1 rings (SSSR count). The molecule has 1 fully saturated rings. The lowest BCUT2D eigenvalue weighted by Gasteiger charge is -2.21. The van der Waals surface area contributed by atoms with E-state index >= 15 is 0 Å². The molecule has 0 aliphatic carbocycles. The van der Waals surface area contributed by atoms with Crippen molar-refractivity contribution in [2.24, 2.45) is 5.41 Å². The van der Waals surface area contributed by atoms with Crippen LogP contribution in [0.25, 0.3) is 0 Å². The summed E-state index contributed by atoms with van der Waals surface area (Å²) in [7, 11) is 0. The van der Waals surface area contributed by atoms with Gasteiger partial charge in [0.1, 0.15) is 0 Å². The quantitative estimate of drug-likeness (QED) is 0.765. The topological polar surface area (TPSA) is 61.4 Å².